The van der Waals surface area contributed by atoms with E-state index < -0.39 is 5.41 Å². The summed E-state index contributed by atoms with van der Waals surface area (Å²) in [5.41, 5.74) is 1.92. The zero-order valence-electron chi connectivity index (χ0n) is 12.2. The highest BCUT2D eigenvalue weighted by Crippen LogP contribution is 2.45. The second-order valence-electron chi connectivity index (χ2n) is 5.71. The Morgan fingerprint density at radius 3 is 2.64 bits per heavy atom. The lowest BCUT2D eigenvalue weighted by atomic mass is 9.81. The van der Waals surface area contributed by atoms with Crippen molar-refractivity contribution in [2.45, 2.75) is 25.3 Å². The molecule has 110 valence electrons. The van der Waals surface area contributed by atoms with Gasteiger partial charge in [-0.1, -0.05) is 48.0 Å². The number of carbonyl (C=O) groups is 1. The van der Waals surface area contributed by atoms with Gasteiger partial charge >= 0.3 is 0 Å². The summed E-state index contributed by atoms with van der Waals surface area (Å²) in [5, 5.41) is 9.71. The van der Waals surface area contributed by atoms with Crippen LogP contribution in [-0.4, -0.2) is 5.91 Å². The van der Waals surface area contributed by atoms with Crippen LogP contribution in [0, 0.1) is 11.3 Å². The molecule has 0 N–H and O–H groups in total. The zero-order chi connectivity index (χ0) is 15.7. The number of nitrogens with zero attached hydrogens (tertiary/aromatic N) is 2. The molecule has 3 rings (SSSR count). The highest BCUT2D eigenvalue weighted by molar-refractivity contribution is 6.31. The molecule has 22 heavy (non-hydrogen) atoms. The third-order valence-corrected chi connectivity index (χ3v) is 4.41. The van der Waals surface area contributed by atoms with E-state index in [1.165, 1.54) is 0 Å². The van der Waals surface area contributed by atoms with E-state index in [9.17, 15) is 4.79 Å². The molecule has 0 unspecified atom stereocenters. The molecule has 0 radical (unpaired) electrons. The molecule has 1 aliphatic rings. The Morgan fingerprint density at radius 1 is 1.23 bits per heavy atom. The molecule has 0 saturated heterocycles. The molecule has 0 saturated carbocycles. The molecule has 0 aliphatic carbocycles. The third kappa shape index (κ3) is 2.26. The van der Waals surface area contributed by atoms with Gasteiger partial charge < -0.3 is 4.90 Å². The van der Waals surface area contributed by atoms with Gasteiger partial charge in [0.25, 0.3) is 0 Å². The lowest BCUT2D eigenvalue weighted by Crippen LogP contribution is -2.37. The maximum atomic E-state index is 12.9. The quantitative estimate of drug-likeness (QED) is 0.858. The molecule has 1 atom stereocenters. The molecule has 2 aromatic rings. The number of hydrogen-bond acceptors (Lipinski definition) is 2. The minimum absolute atomic E-state index is 0.0461. The van der Waals surface area contributed by atoms with Gasteiger partial charge in [-0.2, -0.15) is 5.26 Å². The molecule has 2 aromatic carbocycles. The normalized spacial score (nSPS) is 19.9. The van der Waals surface area contributed by atoms with Crippen molar-refractivity contribution in [1.29, 1.82) is 5.26 Å². The largest absolute Gasteiger partial charge is 0.307 e. The van der Waals surface area contributed by atoms with Crippen molar-refractivity contribution >= 4 is 23.2 Å². The summed E-state index contributed by atoms with van der Waals surface area (Å²) in [6.07, 6.45) is 0.158. The van der Waals surface area contributed by atoms with Crippen LogP contribution in [0.3, 0.4) is 0 Å². The summed E-state index contributed by atoms with van der Waals surface area (Å²) >= 11 is 6.11. The first-order valence-electron chi connectivity index (χ1n) is 7.09. The zero-order valence-corrected chi connectivity index (χ0v) is 13.0. The van der Waals surface area contributed by atoms with Crippen LogP contribution in [0.2, 0.25) is 5.02 Å². The Bertz CT molecular complexity index is 766. The fourth-order valence-corrected chi connectivity index (χ4v) is 3.14. The van der Waals surface area contributed by atoms with Crippen molar-refractivity contribution in [2.24, 2.45) is 0 Å². The van der Waals surface area contributed by atoms with Crippen LogP contribution in [0.5, 0.6) is 0 Å². The van der Waals surface area contributed by atoms with Gasteiger partial charge in [0.15, 0.2) is 0 Å². The van der Waals surface area contributed by atoms with E-state index in [-0.39, 0.29) is 12.3 Å². The van der Waals surface area contributed by atoms with Gasteiger partial charge in [-0.05, 0) is 30.2 Å². The minimum atomic E-state index is -0.802. The predicted molar refractivity (Wildman–Crippen MR) is 86.7 cm³/mol. The number of nitriles is 1. The SMILES string of the molecule is C[C@@]1(CC#N)C(=O)N(Cc2ccccc2)c2cc(Cl)ccc21. The molecular formula is C18H15ClN2O. The Labute approximate surface area is 134 Å². The molecule has 1 heterocycles. The number of halogens is 1. The van der Waals surface area contributed by atoms with Gasteiger partial charge in [0, 0.05) is 10.7 Å². The Morgan fingerprint density at radius 2 is 1.95 bits per heavy atom. The van der Waals surface area contributed by atoms with E-state index in [1.807, 2.05) is 43.3 Å². The Hall–Kier alpha value is -2.31. The lowest BCUT2D eigenvalue weighted by molar-refractivity contribution is -0.122. The molecule has 4 heteroatoms. The topological polar surface area (TPSA) is 44.1 Å². The maximum absolute atomic E-state index is 12.9. The maximum Gasteiger partial charge on any atom is 0.238 e. The monoisotopic (exact) mass is 310 g/mol. The van der Waals surface area contributed by atoms with E-state index in [1.54, 1.807) is 17.0 Å². The van der Waals surface area contributed by atoms with Gasteiger partial charge in [-0.3, -0.25) is 4.79 Å². The van der Waals surface area contributed by atoms with Crippen molar-refractivity contribution in [3.05, 3.63) is 64.7 Å². The van der Waals surface area contributed by atoms with Gasteiger partial charge in [0.1, 0.15) is 0 Å². The molecule has 0 bridgehead atoms. The van der Waals surface area contributed by atoms with Gasteiger partial charge in [-0.15, -0.1) is 0 Å². The number of fused-ring (bicyclic) bond motifs is 1. The highest BCUT2D eigenvalue weighted by Gasteiger charge is 2.47. The number of anilines is 1. The van der Waals surface area contributed by atoms with Crippen LogP contribution in [0.4, 0.5) is 5.69 Å². The molecule has 1 aliphatic heterocycles. The number of amides is 1. The second-order valence-corrected chi connectivity index (χ2v) is 6.14. The fraction of sp³-hybridized carbons (Fsp3) is 0.222. The summed E-state index contributed by atoms with van der Waals surface area (Å²) in [6.45, 7) is 2.31. The first-order valence-corrected chi connectivity index (χ1v) is 7.47. The van der Waals surface area contributed by atoms with E-state index in [4.69, 9.17) is 16.9 Å². The van der Waals surface area contributed by atoms with E-state index in [0.29, 0.717) is 11.6 Å². The van der Waals surface area contributed by atoms with Crippen LogP contribution < -0.4 is 4.90 Å². The molecule has 0 fully saturated rings. The molecule has 1 amide bonds. The molecule has 0 spiro atoms. The van der Waals surface area contributed by atoms with Crippen molar-refractivity contribution in [3.8, 4) is 6.07 Å². The second kappa shape index (κ2) is 5.47. The van der Waals surface area contributed by atoms with Crippen LogP contribution in [0.1, 0.15) is 24.5 Å². The van der Waals surface area contributed by atoms with Crippen molar-refractivity contribution in [2.75, 3.05) is 4.90 Å². The first-order chi connectivity index (χ1) is 10.6. The summed E-state index contributed by atoms with van der Waals surface area (Å²) in [6, 6.07) is 17.4. The van der Waals surface area contributed by atoms with Crippen LogP contribution >= 0.6 is 11.6 Å². The smallest absolute Gasteiger partial charge is 0.238 e. The highest BCUT2D eigenvalue weighted by atomic mass is 35.5. The van der Waals surface area contributed by atoms with Gasteiger partial charge in [0.2, 0.25) is 5.91 Å². The van der Waals surface area contributed by atoms with E-state index in [0.717, 1.165) is 16.8 Å². The van der Waals surface area contributed by atoms with Gasteiger partial charge in [0.05, 0.1) is 24.4 Å². The van der Waals surface area contributed by atoms with E-state index in [2.05, 4.69) is 6.07 Å². The Balaban J connectivity index is 2.07. The summed E-state index contributed by atoms with van der Waals surface area (Å²) in [5.74, 6) is -0.0461. The minimum Gasteiger partial charge on any atom is -0.307 e. The average molecular weight is 311 g/mol. The molecule has 3 nitrogen and oxygen atoms in total. The van der Waals surface area contributed by atoms with E-state index >= 15 is 0 Å². The van der Waals surface area contributed by atoms with Crippen LogP contribution in [0.25, 0.3) is 0 Å². The Kier molecular flexibility index (Phi) is 3.64. The number of hydrogen-bond donors (Lipinski definition) is 0. The number of rotatable bonds is 3. The summed E-state index contributed by atoms with van der Waals surface area (Å²) in [4.78, 5) is 14.7. The fourth-order valence-electron chi connectivity index (χ4n) is 2.97. The standard InChI is InChI=1S/C18H15ClN2O/c1-18(9-10-20)15-8-7-14(19)11-16(15)21(17(18)22)12-13-5-3-2-4-6-13/h2-8,11H,9,12H2,1H3/t18-/m0/s1. The first kappa shape index (κ1) is 14.6. The van der Waals surface area contributed by atoms with Crippen LogP contribution in [-0.2, 0) is 16.8 Å². The number of carbonyl (C=O) groups excluding carboxylic acids is 1. The van der Waals surface area contributed by atoms with Gasteiger partial charge in [-0.25, -0.2) is 0 Å². The molecule has 0 aromatic heterocycles. The average Bonchev–Trinajstić information content (AvgIpc) is 2.71. The number of benzene rings is 2. The summed E-state index contributed by atoms with van der Waals surface area (Å²) in [7, 11) is 0. The lowest BCUT2D eigenvalue weighted by Gasteiger charge is -2.22. The molecular weight excluding hydrogens is 296 g/mol. The predicted octanol–water partition coefficient (Wildman–Crippen LogP) is 4.06. The van der Waals surface area contributed by atoms with Crippen molar-refractivity contribution in [3.63, 3.8) is 0 Å². The van der Waals surface area contributed by atoms with Crippen molar-refractivity contribution < 1.29 is 4.79 Å². The third-order valence-electron chi connectivity index (χ3n) is 4.18. The van der Waals surface area contributed by atoms with Crippen LogP contribution in [0.15, 0.2) is 48.5 Å². The van der Waals surface area contributed by atoms with Crippen molar-refractivity contribution in [1.82, 2.24) is 0 Å². The summed E-state index contributed by atoms with van der Waals surface area (Å²) < 4.78 is 0.